The van der Waals surface area contributed by atoms with Gasteiger partial charge in [-0.1, -0.05) is 62.8 Å². The molecule has 0 saturated carbocycles. The van der Waals surface area contributed by atoms with Crippen LogP contribution < -0.4 is 0 Å². The van der Waals surface area contributed by atoms with Crippen LogP contribution in [-0.4, -0.2) is 25.6 Å². The van der Waals surface area contributed by atoms with Gasteiger partial charge in [-0.05, 0) is 17.9 Å². The average molecular weight is 271 g/mol. The van der Waals surface area contributed by atoms with Crippen LogP contribution in [0.3, 0.4) is 0 Å². The smallest absolute Gasteiger partial charge is 0.129 e. The van der Waals surface area contributed by atoms with E-state index < -0.39 is 8.07 Å². The number of hydrogen-bond acceptors (Lipinski definition) is 1. The minimum Gasteiger partial charge on any atom is -0.285 e. The molecule has 2 rings (SSSR count). The van der Waals surface area contributed by atoms with Crippen molar-refractivity contribution in [3.05, 3.63) is 35.9 Å². The van der Waals surface area contributed by atoms with E-state index in [1.807, 2.05) is 0 Å². The first kappa shape index (κ1) is 14.4. The van der Waals surface area contributed by atoms with E-state index in [2.05, 4.69) is 73.3 Å². The van der Waals surface area contributed by atoms with Crippen LogP contribution in [0.5, 0.6) is 0 Å². The zero-order valence-electron chi connectivity index (χ0n) is 12.6. The fourth-order valence-corrected chi connectivity index (χ4v) is 3.13. The molecule has 0 bridgehead atoms. The lowest BCUT2D eigenvalue weighted by Gasteiger charge is -2.23. The SMILES string of the molecule is C[C@H]1CCN(Cc2ccccc2)[C@H]1C#C[Si](C)(C)C. The fraction of sp³-hybridized carbons (Fsp3) is 0.529. The Morgan fingerprint density at radius 1 is 1.21 bits per heavy atom. The van der Waals surface area contributed by atoms with E-state index in [1.54, 1.807) is 0 Å². The quantitative estimate of drug-likeness (QED) is 0.584. The largest absolute Gasteiger partial charge is 0.285 e. The summed E-state index contributed by atoms with van der Waals surface area (Å²) in [5, 5.41) is 0. The molecule has 1 nitrogen and oxygen atoms in total. The Kier molecular flexibility index (Phi) is 4.49. The predicted octanol–water partition coefficient (Wildman–Crippen LogP) is 3.78. The number of hydrogen-bond donors (Lipinski definition) is 0. The maximum atomic E-state index is 3.58. The average Bonchev–Trinajstić information content (AvgIpc) is 2.68. The van der Waals surface area contributed by atoms with Crippen LogP contribution in [0.1, 0.15) is 18.9 Å². The van der Waals surface area contributed by atoms with E-state index in [4.69, 9.17) is 0 Å². The van der Waals surface area contributed by atoms with E-state index in [9.17, 15) is 0 Å². The van der Waals surface area contributed by atoms with Crippen LogP contribution in [-0.2, 0) is 6.54 Å². The Morgan fingerprint density at radius 3 is 2.53 bits per heavy atom. The summed E-state index contributed by atoms with van der Waals surface area (Å²) in [7, 11) is -1.26. The van der Waals surface area contributed by atoms with Crippen LogP contribution >= 0.6 is 0 Å². The van der Waals surface area contributed by atoms with Gasteiger partial charge in [0.05, 0.1) is 6.04 Å². The summed E-state index contributed by atoms with van der Waals surface area (Å²) in [5.41, 5.74) is 4.96. The molecule has 0 amide bonds. The Balaban J connectivity index is 2.09. The van der Waals surface area contributed by atoms with Crippen LogP contribution in [0.4, 0.5) is 0 Å². The lowest BCUT2D eigenvalue weighted by atomic mass is 10.0. The van der Waals surface area contributed by atoms with Crippen LogP contribution in [0, 0.1) is 17.4 Å². The van der Waals surface area contributed by atoms with Crippen LogP contribution in [0.25, 0.3) is 0 Å². The molecule has 1 saturated heterocycles. The Labute approximate surface area is 119 Å². The Morgan fingerprint density at radius 2 is 1.89 bits per heavy atom. The fourth-order valence-electron chi connectivity index (χ4n) is 2.55. The molecule has 1 heterocycles. The second-order valence-electron chi connectivity index (χ2n) is 6.69. The Bertz CT molecular complexity index is 464. The van der Waals surface area contributed by atoms with Gasteiger partial charge < -0.3 is 0 Å². The van der Waals surface area contributed by atoms with Crippen molar-refractivity contribution in [3.63, 3.8) is 0 Å². The summed E-state index contributed by atoms with van der Waals surface area (Å²) in [6.45, 7) is 11.5. The highest BCUT2D eigenvalue weighted by Crippen LogP contribution is 2.25. The van der Waals surface area contributed by atoms with E-state index in [-0.39, 0.29) is 0 Å². The minimum atomic E-state index is -1.26. The van der Waals surface area contributed by atoms with Gasteiger partial charge in [-0.2, -0.15) is 0 Å². The molecule has 1 aromatic carbocycles. The second kappa shape index (κ2) is 5.94. The molecule has 0 spiro atoms. The first-order valence-electron chi connectivity index (χ1n) is 7.26. The molecule has 1 aliphatic heterocycles. The van der Waals surface area contributed by atoms with Crippen molar-refractivity contribution in [1.82, 2.24) is 4.90 Å². The van der Waals surface area contributed by atoms with E-state index in [0.717, 1.165) is 6.54 Å². The van der Waals surface area contributed by atoms with Crippen molar-refractivity contribution >= 4 is 8.07 Å². The highest BCUT2D eigenvalue weighted by Gasteiger charge is 2.29. The molecule has 19 heavy (non-hydrogen) atoms. The van der Waals surface area contributed by atoms with Crippen molar-refractivity contribution in [2.45, 2.75) is 45.6 Å². The molecule has 102 valence electrons. The third kappa shape index (κ3) is 4.23. The molecule has 1 aromatic rings. The predicted molar refractivity (Wildman–Crippen MR) is 85.5 cm³/mol. The summed E-state index contributed by atoms with van der Waals surface area (Å²) in [5.74, 6) is 4.28. The standard InChI is InChI=1S/C17H25NSi/c1-15-10-12-18(14-16-8-6-5-7-9-16)17(15)11-13-19(2,3)4/h5-9,15,17H,10,12,14H2,1-4H3/t15-,17-/m0/s1. The molecular formula is C17H25NSi. The van der Waals surface area contributed by atoms with Gasteiger partial charge in [-0.15, -0.1) is 5.54 Å². The highest BCUT2D eigenvalue weighted by atomic mass is 28.3. The lowest BCUT2D eigenvalue weighted by Crippen LogP contribution is -2.31. The second-order valence-corrected chi connectivity index (χ2v) is 11.4. The van der Waals surface area contributed by atoms with Crippen molar-refractivity contribution in [2.75, 3.05) is 6.54 Å². The third-order valence-corrected chi connectivity index (χ3v) is 4.52. The van der Waals surface area contributed by atoms with E-state index in [1.165, 1.54) is 18.5 Å². The molecular weight excluding hydrogens is 246 g/mol. The van der Waals surface area contributed by atoms with Gasteiger partial charge in [0.2, 0.25) is 0 Å². The van der Waals surface area contributed by atoms with Crippen molar-refractivity contribution < 1.29 is 0 Å². The van der Waals surface area contributed by atoms with Crippen molar-refractivity contribution in [2.24, 2.45) is 5.92 Å². The van der Waals surface area contributed by atoms with Gasteiger partial charge in [0, 0.05) is 13.1 Å². The molecule has 0 aliphatic carbocycles. The molecule has 0 radical (unpaired) electrons. The molecule has 2 atom stereocenters. The van der Waals surface area contributed by atoms with Crippen LogP contribution in [0.2, 0.25) is 19.6 Å². The molecule has 0 aromatic heterocycles. The van der Waals surface area contributed by atoms with Gasteiger partial charge in [-0.25, -0.2) is 0 Å². The minimum absolute atomic E-state index is 0.451. The van der Waals surface area contributed by atoms with Crippen molar-refractivity contribution in [3.8, 4) is 11.5 Å². The highest BCUT2D eigenvalue weighted by molar-refractivity contribution is 6.83. The summed E-state index contributed by atoms with van der Waals surface area (Å²) in [6.07, 6.45) is 1.28. The molecule has 0 N–H and O–H groups in total. The van der Waals surface area contributed by atoms with E-state index >= 15 is 0 Å². The zero-order chi connectivity index (χ0) is 13.9. The number of benzene rings is 1. The van der Waals surface area contributed by atoms with Crippen molar-refractivity contribution in [1.29, 1.82) is 0 Å². The van der Waals surface area contributed by atoms with Gasteiger partial charge in [0.25, 0.3) is 0 Å². The lowest BCUT2D eigenvalue weighted by molar-refractivity contribution is 0.270. The van der Waals surface area contributed by atoms with E-state index in [0.29, 0.717) is 12.0 Å². The molecule has 0 unspecified atom stereocenters. The molecule has 1 fully saturated rings. The first-order valence-corrected chi connectivity index (χ1v) is 10.8. The van der Waals surface area contributed by atoms with Gasteiger partial charge in [0.1, 0.15) is 8.07 Å². The molecule has 1 aliphatic rings. The summed E-state index contributed by atoms with van der Waals surface area (Å²) >= 11 is 0. The van der Waals surface area contributed by atoms with Gasteiger partial charge >= 0.3 is 0 Å². The number of nitrogens with zero attached hydrogens (tertiary/aromatic N) is 1. The maximum absolute atomic E-state index is 3.58. The maximum Gasteiger partial charge on any atom is 0.129 e. The molecule has 2 heteroatoms. The summed E-state index contributed by atoms with van der Waals surface area (Å²) < 4.78 is 0. The summed E-state index contributed by atoms with van der Waals surface area (Å²) in [4.78, 5) is 2.55. The van der Waals surface area contributed by atoms with Crippen LogP contribution in [0.15, 0.2) is 30.3 Å². The monoisotopic (exact) mass is 271 g/mol. The van der Waals surface area contributed by atoms with Gasteiger partial charge in [-0.3, -0.25) is 4.90 Å². The first-order chi connectivity index (χ1) is 8.96. The zero-order valence-corrected chi connectivity index (χ0v) is 13.6. The third-order valence-electron chi connectivity index (χ3n) is 3.63. The topological polar surface area (TPSA) is 3.24 Å². The summed E-state index contributed by atoms with van der Waals surface area (Å²) in [6, 6.07) is 11.2. The normalized spacial score (nSPS) is 24.0. The Hall–Kier alpha value is -1.04. The van der Waals surface area contributed by atoms with Gasteiger partial charge in [0.15, 0.2) is 0 Å². The number of rotatable bonds is 2. The number of likely N-dealkylation sites (tertiary alicyclic amines) is 1.